The first-order valence-electron chi connectivity index (χ1n) is 23.2. The van der Waals surface area contributed by atoms with Crippen LogP contribution in [0.5, 0.6) is 0 Å². The van der Waals surface area contributed by atoms with Crippen molar-refractivity contribution in [2.24, 2.45) is 47.3 Å². The maximum absolute atomic E-state index is 13.4. The van der Waals surface area contributed by atoms with Gasteiger partial charge in [0.2, 0.25) is 5.91 Å². The molecule has 6 aliphatic carbocycles. The Balaban J connectivity index is 0.806. The van der Waals surface area contributed by atoms with E-state index in [0.717, 1.165) is 121 Å². The minimum absolute atomic E-state index is 0.00139. The van der Waals surface area contributed by atoms with E-state index in [1.807, 2.05) is 0 Å². The summed E-state index contributed by atoms with van der Waals surface area (Å²) >= 11 is -0.985. The molecule has 0 saturated heterocycles. The maximum atomic E-state index is 13.4. The number of nitrogens with one attached hydrogen (secondary N) is 2. The van der Waals surface area contributed by atoms with Gasteiger partial charge in [-0.3, -0.25) is 27.4 Å². The number of rotatable bonds is 20. The zero-order valence-electron chi connectivity index (χ0n) is 35.6. The fraction of sp³-hybridized carbons (Fsp3) is 0.953. The summed E-state index contributed by atoms with van der Waals surface area (Å²) in [5.41, 5.74) is 3.34. The highest BCUT2D eigenvalue weighted by atomic mass is 32.2. The van der Waals surface area contributed by atoms with Gasteiger partial charge in [-0.15, -0.1) is 4.33 Å². The van der Waals surface area contributed by atoms with Gasteiger partial charge < -0.3 is 15.3 Å². The second-order valence-corrected chi connectivity index (χ2v) is 20.6. The number of hydrogen-bond donors (Lipinski definition) is 4. The van der Waals surface area contributed by atoms with Crippen LogP contribution in [0, 0.1) is 47.3 Å². The molecule has 0 aromatic heterocycles. The van der Waals surface area contributed by atoms with E-state index in [9.17, 15) is 24.2 Å². The van der Waals surface area contributed by atoms with Crippen molar-refractivity contribution in [2.45, 2.75) is 198 Å². The minimum atomic E-state index is -1.77. The van der Waals surface area contributed by atoms with Gasteiger partial charge in [-0.25, -0.2) is 9.78 Å². The van der Waals surface area contributed by atoms with Gasteiger partial charge in [0.1, 0.15) is 0 Å². The fourth-order valence-electron chi connectivity index (χ4n) is 10.8. The molecule has 0 aromatic carbocycles. The van der Waals surface area contributed by atoms with Crippen molar-refractivity contribution in [3.8, 4) is 0 Å². The molecular weight excluding hydrogens is 801 g/mol. The predicted octanol–water partition coefficient (Wildman–Crippen LogP) is 8.57. The Hall–Kier alpha value is -0.920. The molecule has 0 radical (unpaired) electrons. The highest BCUT2D eigenvalue weighted by Crippen LogP contribution is 2.39. The molecular formula is C43H74N2O12S2. The first kappa shape index (κ1) is 47.6. The SMILES string of the molecule is CC1CCC(OOSOC2CCC(C(=O)NC3CCC(CC4CCC(NOCC5CCC(OS(=O)OC6CCC(C)CC6)CC5COO)CC4)CC3)C(C(=O)O)C2)CC1. The van der Waals surface area contributed by atoms with Crippen LogP contribution in [-0.2, 0) is 52.4 Å². The number of carboxylic acids is 1. The summed E-state index contributed by atoms with van der Waals surface area (Å²) < 4.78 is 35.1. The topological polar surface area (TPSA) is 180 Å². The molecule has 6 saturated carbocycles. The first-order valence-corrected chi connectivity index (χ1v) is 24.9. The van der Waals surface area contributed by atoms with Gasteiger partial charge in [0, 0.05) is 12.1 Å². The molecule has 59 heavy (non-hydrogen) atoms. The predicted molar refractivity (Wildman–Crippen MR) is 223 cm³/mol. The molecule has 1 amide bonds. The van der Waals surface area contributed by atoms with E-state index < -0.39 is 29.2 Å². The van der Waals surface area contributed by atoms with E-state index in [0.29, 0.717) is 49.7 Å². The van der Waals surface area contributed by atoms with Crippen LogP contribution in [-0.4, -0.2) is 76.2 Å². The molecule has 16 heteroatoms. The third-order valence-corrected chi connectivity index (χ3v) is 16.2. The maximum Gasteiger partial charge on any atom is 0.307 e. The van der Waals surface area contributed by atoms with Crippen molar-refractivity contribution in [2.75, 3.05) is 13.2 Å². The smallest absolute Gasteiger partial charge is 0.307 e. The normalized spacial score (nSPS) is 39.0. The van der Waals surface area contributed by atoms with E-state index in [1.54, 1.807) is 0 Å². The molecule has 0 heterocycles. The number of carbonyl (C=O) groups is 2. The summed E-state index contributed by atoms with van der Waals surface area (Å²) in [5, 5.41) is 22.5. The molecule has 4 N–H and O–H groups in total. The summed E-state index contributed by atoms with van der Waals surface area (Å²) in [6.45, 7) is 5.21. The van der Waals surface area contributed by atoms with Crippen LogP contribution in [0.2, 0.25) is 0 Å². The van der Waals surface area contributed by atoms with Gasteiger partial charge in [-0.05, 0) is 183 Å². The first-order chi connectivity index (χ1) is 28.6. The zero-order valence-corrected chi connectivity index (χ0v) is 37.2. The third kappa shape index (κ3) is 15.7. The van der Waals surface area contributed by atoms with Gasteiger partial charge in [0.05, 0.1) is 49.5 Å². The van der Waals surface area contributed by atoms with Gasteiger partial charge in [-0.2, -0.15) is 9.69 Å². The summed E-state index contributed by atoms with van der Waals surface area (Å²) in [4.78, 5) is 41.7. The van der Waals surface area contributed by atoms with E-state index in [-0.39, 0.29) is 61.2 Å². The van der Waals surface area contributed by atoms with Gasteiger partial charge in [0.25, 0.3) is 0 Å². The molecule has 7 unspecified atom stereocenters. The number of hydrogen-bond acceptors (Lipinski definition) is 13. The van der Waals surface area contributed by atoms with Gasteiger partial charge >= 0.3 is 17.3 Å². The van der Waals surface area contributed by atoms with Crippen LogP contribution in [0.1, 0.15) is 162 Å². The second-order valence-electron chi connectivity index (χ2n) is 19.3. The quantitative estimate of drug-likeness (QED) is 0.0395. The lowest BCUT2D eigenvalue weighted by atomic mass is 9.75. The van der Waals surface area contributed by atoms with Crippen molar-refractivity contribution in [1.82, 2.24) is 10.8 Å². The van der Waals surface area contributed by atoms with Crippen molar-refractivity contribution in [1.29, 1.82) is 0 Å². The van der Waals surface area contributed by atoms with E-state index in [4.69, 9.17) is 26.6 Å². The molecule has 6 aliphatic rings. The van der Waals surface area contributed by atoms with E-state index >= 15 is 0 Å². The van der Waals surface area contributed by atoms with E-state index in [1.165, 1.54) is 19.3 Å². The number of carboxylic acid groups (broad SMARTS) is 1. The van der Waals surface area contributed by atoms with Crippen LogP contribution < -0.4 is 10.8 Å². The van der Waals surface area contributed by atoms with Crippen molar-refractivity contribution < 1.29 is 55.7 Å². The summed E-state index contributed by atoms with van der Waals surface area (Å²) in [7, 11) is 0. The Bertz CT molecular complexity index is 1270. The minimum Gasteiger partial charge on any atom is -0.481 e. The monoisotopic (exact) mass is 874 g/mol. The number of hydroxylamine groups is 1. The number of carbonyl (C=O) groups excluding carboxylic acids is 1. The highest BCUT2D eigenvalue weighted by molar-refractivity contribution is 7.89. The van der Waals surface area contributed by atoms with Gasteiger partial charge in [0.15, 0.2) is 12.3 Å². The Morgan fingerprint density at radius 2 is 1.24 bits per heavy atom. The van der Waals surface area contributed by atoms with Crippen molar-refractivity contribution in [3.63, 3.8) is 0 Å². The highest BCUT2D eigenvalue weighted by Gasteiger charge is 2.41. The molecule has 0 aromatic rings. The number of amides is 1. The lowest BCUT2D eigenvalue weighted by molar-refractivity contribution is -0.258. The lowest BCUT2D eigenvalue weighted by Crippen LogP contribution is -2.47. The molecule has 0 bridgehead atoms. The van der Waals surface area contributed by atoms with Gasteiger partial charge in [-0.1, -0.05) is 13.8 Å². The number of aliphatic carboxylic acids is 1. The fourth-order valence-corrected chi connectivity index (χ4v) is 12.2. The van der Waals surface area contributed by atoms with Crippen LogP contribution >= 0.6 is 12.3 Å². The average Bonchev–Trinajstić information content (AvgIpc) is 3.23. The molecule has 14 nitrogen and oxygen atoms in total. The van der Waals surface area contributed by atoms with Crippen LogP contribution in [0.25, 0.3) is 0 Å². The van der Waals surface area contributed by atoms with E-state index in [2.05, 4.69) is 29.5 Å². The lowest BCUT2D eigenvalue weighted by Gasteiger charge is -2.36. The average molecular weight is 875 g/mol. The molecule has 0 aliphatic heterocycles. The molecule has 6 fully saturated rings. The largest absolute Gasteiger partial charge is 0.481 e. The summed E-state index contributed by atoms with van der Waals surface area (Å²) in [5.74, 6) is 0.591. The Labute approximate surface area is 359 Å². The Morgan fingerprint density at radius 1 is 0.644 bits per heavy atom. The Kier molecular flexibility index (Phi) is 20.0. The van der Waals surface area contributed by atoms with Crippen molar-refractivity contribution >= 4 is 35.6 Å². The molecule has 6 rings (SSSR count). The molecule has 7 atom stereocenters. The Morgan fingerprint density at radius 3 is 1.88 bits per heavy atom. The molecule has 340 valence electrons. The zero-order chi connectivity index (χ0) is 41.6. The molecule has 0 spiro atoms. The van der Waals surface area contributed by atoms with Crippen LogP contribution in [0.15, 0.2) is 0 Å². The third-order valence-electron chi connectivity index (χ3n) is 14.8. The summed E-state index contributed by atoms with van der Waals surface area (Å²) in [6.07, 6.45) is 21.1. The summed E-state index contributed by atoms with van der Waals surface area (Å²) in [6, 6.07) is 0.419. The standard InChI is InChI=1S/C43H74N2O12S2/c1-28-3-16-36(17-4-28)53-57-58-54-38-21-22-40(41(25-38)43(47)48)42(46)44-34-12-7-30(8-13-34)23-31-9-14-35(15-10-31)45-51-26-32-11-20-39(24-33(32)27-52-49)56-59(50)55-37-18-5-29(2)6-19-37/h28-41,45,49H,3-27H2,1-2H3,(H,44,46)(H,47,48). The van der Waals surface area contributed by atoms with Crippen LogP contribution in [0.3, 0.4) is 0 Å². The van der Waals surface area contributed by atoms with Crippen LogP contribution in [0.4, 0.5) is 0 Å². The van der Waals surface area contributed by atoms with Crippen molar-refractivity contribution in [3.05, 3.63) is 0 Å². The second kappa shape index (κ2) is 24.8.